The van der Waals surface area contributed by atoms with Gasteiger partial charge in [0, 0.05) is 4.90 Å². The predicted octanol–water partition coefficient (Wildman–Crippen LogP) is 6.90. The molecule has 0 aliphatic rings. The van der Waals surface area contributed by atoms with Crippen molar-refractivity contribution in [2.45, 2.75) is 44.6 Å². The van der Waals surface area contributed by atoms with Crippen molar-refractivity contribution in [3.05, 3.63) is 77.7 Å². The lowest BCUT2D eigenvalue weighted by Crippen LogP contribution is -2.31. The Balaban J connectivity index is 1.65. The second kappa shape index (κ2) is 9.71. The Morgan fingerprint density at radius 1 is 1.13 bits per heavy atom. The molecule has 0 aliphatic carbocycles. The van der Waals surface area contributed by atoms with Gasteiger partial charge >= 0.3 is 0 Å². The molecule has 0 bridgehead atoms. The van der Waals surface area contributed by atoms with Crippen molar-refractivity contribution in [2.24, 2.45) is 0 Å². The lowest BCUT2D eigenvalue weighted by Gasteiger charge is -2.19. The fourth-order valence-electron chi connectivity index (χ4n) is 3.50. The molecule has 4 aromatic rings. The minimum atomic E-state index is 0.0115. The van der Waals surface area contributed by atoms with Gasteiger partial charge in [-0.05, 0) is 53.1 Å². The van der Waals surface area contributed by atoms with Crippen LogP contribution < -0.4 is 4.90 Å². The van der Waals surface area contributed by atoms with E-state index in [0.717, 1.165) is 27.3 Å². The molecule has 0 unspecified atom stereocenters. The number of carbonyl (C=O) groups excluding carboxylic acids is 1. The molecule has 0 radical (unpaired) electrons. The molecule has 160 valence electrons. The van der Waals surface area contributed by atoms with Gasteiger partial charge in [-0.3, -0.25) is 9.69 Å². The molecule has 4 rings (SSSR count). The SMILES string of the molecule is CCSc1ccc(CC(=O)N(Cc2ccco2)c2nc3c(C(C)C)cccc3s2)cc1. The van der Waals surface area contributed by atoms with Crippen molar-refractivity contribution in [3.8, 4) is 0 Å². The highest BCUT2D eigenvalue weighted by molar-refractivity contribution is 7.99. The minimum Gasteiger partial charge on any atom is -0.467 e. The van der Waals surface area contributed by atoms with E-state index < -0.39 is 0 Å². The van der Waals surface area contributed by atoms with Gasteiger partial charge in [0.05, 0.1) is 29.4 Å². The third kappa shape index (κ3) is 5.02. The van der Waals surface area contributed by atoms with Crippen LogP contribution in [0.4, 0.5) is 5.13 Å². The van der Waals surface area contributed by atoms with Crippen LogP contribution in [-0.4, -0.2) is 16.6 Å². The van der Waals surface area contributed by atoms with E-state index in [4.69, 9.17) is 9.40 Å². The van der Waals surface area contributed by atoms with E-state index in [-0.39, 0.29) is 5.91 Å². The number of benzene rings is 2. The molecule has 31 heavy (non-hydrogen) atoms. The lowest BCUT2D eigenvalue weighted by atomic mass is 10.0. The number of para-hydroxylation sites is 1. The number of furan rings is 1. The number of thioether (sulfide) groups is 1. The monoisotopic (exact) mass is 450 g/mol. The molecule has 2 aromatic carbocycles. The van der Waals surface area contributed by atoms with E-state index in [0.29, 0.717) is 24.0 Å². The van der Waals surface area contributed by atoms with Gasteiger partial charge in [-0.15, -0.1) is 11.8 Å². The van der Waals surface area contributed by atoms with Crippen LogP contribution in [0.3, 0.4) is 0 Å². The fourth-order valence-corrected chi connectivity index (χ4v) is 5.18. The van der Waals surface area contributed by atoms with Gasteiger partial charge in [-0.25, -0.2) is 4.98 Å². The number of anilines is 1. The van der Waals surface area contributed by atoms with Gasteiger partial charge in [0.25, 0.3) is 0 Å². The smallest absolute Gasteiger partial charge is 0.233 e. The van der Waals surface area contributed by atoms with Crippen molar-refractivity contribution < 1.29 is 9.21 Å². The van der Waals surface area contributed by atoms with Crippen molar-refractivity contribution in [3.63, 3.8) is 0 Å². The molecule has 2 heterocycles. The number of hydrogen-bond acceptors (Lipinski definition) is 5. The third-order valence-corrected chi connectivity index (χ3v) is 7.01. The first-order valence-corrected chi connectivity index (χ1v) is 12.3. The molecule has 4 nitrogen and oxygen atoms in total. The van der Waals surface area contributed by atoms with Crippen LogP contribution in [-0.2, 0) is 17.8 Å². The lowest BCUT2D eigenvalue weighted by molar-refractivity contribution is -0.118. The first kappa shape index (κ1) is 21.7. The van der Waals surface area contributed by atoms with E-state index in [9.17, 15) is 4.79 Å². The maximum Gasteiger partial charge on any atom is 0.233 e. The Hall–Kier alpha value is -2.57. The van der Waals surface area contributed by atoms with Gasteiger partial charge < -0.3 is 4.42 Å². The number of carbonyl (C=O) groups is 1. The number of thiazole rings is 1. The molecular formula is C25H26N2O2S2. The van der Waals surface area contributed by atoms with Crippen LogP contribution in [0.25, 0.3) is 10.2 Å². The van der Waals surface area contributed by atoms with Crippen LogP contribution in [0.15, 0.2) is 70.2 Å². The average molecular weight is 451 g/mol. The second-order valence-electron chi connectivity index (χ2n) is 7.66. The van der Waals surface area contributed by atoms with Crippen LogP contribution in [0.5, 0.6) is 0 Å². The largest absolute Gasteiger partial charge is 0.467 e. The van der Waals surface area contributed by atoms with Crippen LogP contribution >= 0.6 is 23.1 Å². The summed E-state index contributed by atoms with van der Waals surface area (Å²) in [6.07, 6.45) is 1.96. The standard InChI is InChI=1S/C25H26N2O2S2/c1-4-30-20-12-10-18(11-13-20)15-23(28)27(16-19-7-6-14-29-19)25-26-24-21(17(2)3)8-5-9-22(24)31-25/h5-14,17H,4,15-16H2,1-3H3. The Bertz CT molecular complexity index is 1150. The molecular weight excluding hydrogens is 424 g/mol. The number of hydrogen-bond donors (Lipinski definition) is 0. The van der Waals surface area contributed by atoms with Gasteiger partial charge in [0.1, 0.15) is 5.76 Å². The number of amides is 1. The van der Waals surface area contributed by atoms with Crippen LogP contribution in [0.1, 0.15) is 43.6 Å². The summed E-state index contributed by atoms with van der Waals surface area (Å²) in [6.45, 7) is 6.84. The average Bonchev–Trinajstić information content (AvgIpc) is 3.42. The number of aromatic nitrogens is 1. The molecule has 2 aromatic heterocycles. The molecule has 0 fully saturated rings. The van der Waals surface area contributed by atoms with Crippen LogP contribution in [0.2, 0.25) is 0 Å². The molecule has 6 heteroatoms. The zero-order chi connectivity index (χ0) is 21.8. The maximum atomic E-state index is 13.4. The highest BCUT2D eigenvalue weighted by Crippen LogP contribution is 2.34. The normalized spacial score (nSPS) is 11.4. The van der Waals surface area contributed by atoms with Crippen molar-refractivity contribution >= 4 is 44.4 Å². The summed E-state index contributed by atoms with van der Waals surface area (Å²) in [7, 11) is 0. The van der Waals surface area contributed by atoms with Gasteiger partial charge in [-0.1, -0.05) is 56.4 Å². The summed E-state index contributed by atoms with van der Waals surface area (Å²) in [5.41, 5.74) is 3.18. The summed E-state index contributed by atoms with van der Waals surface area (Å²) < 4.78 is 6.64. The molecule has 0 aliphatic heterocycles. The number of nitrogens with zero attached hydrogens (tertiary/aromatic N) is 2. The fraction of sp³-hybridized carbons (Fsp3) is 0.280. The highest BCUT2D eigenvalue weighted by atomic mass is 32.2. The zero-order valence-electron chi connectivity index (χ0n) is 18.0. The zero-order valence-corrected chi connectivity index (χ0v) is 19.6. The highest BCUT2D eigenvalue weighted by Gasteiger charge is 2.22. The first-order chi connectivity index (χ1) is 15.0. The Morgan fingerprint density at radius 3 is 2.61 bits per heavy atom. The summed E-state index contributed by atoms with van der Waals surface area (Å²) >= 11 is 3.35. The summed E-state index contributed by atoms with van der Waals surface area (Å²) in [6, 6.07) is 18.2. The second-order valence-corrected chi connectivity index (χ2v) is 10.0. The molecule has 0 spiro atoms. The molecule has 0 saturated heterocycles. The van der Waals surface area contributed by atoms with E-state index in [1.165, 1.54) is 10.5 Å². The Morgan fingerprint density at radius 2 is 1.94 bits per heavy atom. The summed E-state index contributed by atoms with van der Waals surface area (Å²) in [5, 5.41) is 0.711. The van der Waals surface area contributed by atoms with Crippen LogP contribution in [0, 0.1) is 0 Å². The van der Waals surface area contributed by atoms with Gasteiger partial charge in [0.15, 0.2) is 5.13 Å². The minimum absolute atomic E-state index is 0.0115. The molecule has 0 N–H and O–H groups in total. The topological polar surface area (TPSA) is 46.3 Å². The van der Waals surface area contributed by atoms with E-state index >= 15 is 0 Å². The Labute approximate surface area is 191 Å². The molecule has 0 saturated carbocycles. The van der Waals surface area contributed by atoms with Crippen molar-refractivity contribution in [2.75, 3.05) is 10.7 Å². The summed E-state index contributed by atoms with van der Waals surface area (Å²) in [5.74, 6) is 2.15. The van der Waals surface area contributed by atoms with Gasteiger partial charge in [-0.2, -0.15) is 0 Å². The van der Waals surface area contributed by atoms with E-state index in [2.05, 4.69) is 51.1 Å². The summed E-state index contributed by atoms with van der Waals surface area (Å²) in [4.78, 5) is 21.3. The Kier molecular flexibility index (Phi) is 6.78. The van der Waals surface area contributed by atoms with E-state index in [1.807, 2.05) is 24.3 Å². The van der Waals surface area contributed by atoms with Crippen molar-refractivity contribution in [1.82, 2.24) is 4.98 Å². The first-order valence-electron chi connectivity index (χ1n) is 10.5. The molecule has 1 amide bonds. The van der Waals surface area contributed by atoms with Gasteiger partial charge in [0.2, 0.25) is 5.91 Å². The maximum absolute atomic E-state index is 13.4. The number of rotatable bonds is 8. The third-order valence-electron chi connectivity index (χ3n) is 5.08. The predicted molar refractivity (Wildman–Crippen MR) is 130 cm³/mol. The number of fused-ring (bicyclic) bond motifs is 1. The quantitative estimate of drug-likeness (QED) is 0.274. The molecule has 0 atom stereocenters. The van der Waals surface area contributed by atoms with E-state index in [1.54, 1.807) is 34.3 Å². The van der Waals surface area contributed by atoms with Crippen molar-refractivity contribution in [1.29, 1.82) is 0 Å².